The van der Waals surface area contributed by atoms with Crippen LogP contribution in [0.5, 0.6) is 0 Å². The molecule has 0 bridgehead atoms. The predicted octanol–water partition coefficient (Wildman–Crippen LogP) is 4.15. The van der Waals surface area contributed by atoms with Gasteiger partial charge in [0.15, 0.2) is 0 Å². The Bertz CT molecular complexity index is 1050. The van der Waals surface area contributed by atoms with Gasteiger partial charge in [0.05, 0.1) is 12.6 Å². The molecule has 7 nitrogen and oxygen atoms in total. The number of rotatable bonds is 5. The summed E-state index contributed by atoms with van der Waals surface area (Å²) in [6, 6.07) is 9.90. The van der Waals surface area contributed by atoms with E-state index >= 15 is 0 Å². The fourth-order valence-electron chi connectivity index (χ4n) is 5.14. The highest BCUT2D eigenvalue weighted by Gasteiger charge is 2.29. The number of carbonyl (C=O) groups is 1. The first-order chi connectivity index (χ1) is 15.6. The molecule has 0 saturated carbocycles. The zero-order chi connectivity index (χ0) is 22.1. The molecule has 32 heavy (non-hydrogen) atoms. The zero-order valence-corrected chi connectivity index (χ0v) is 19.2. The van der Waals surface area contributed by atoms with Crippen molar-refractivity contribution in [3.8, 4) is 0 Å². The number of carbonyl (C=O) groups excluding carboxylic acids is 1. The first-order valence-electron chi connectivity index (χ1n) is 12.0. The van der Waals surface area contributed by atoms with Crippen molar-refractivity contribution in [2.24, 2.45) is 0 Å². The number of furan rings is 1. The second-order valence-corrected chi connectivity index (χ2v) is 9.38. The van der Waals surface area contributed by atoms with Gasteiger partial charge >= 0.3 is 0 Å². The highest BCUT2D eigenvalue weighted by molar-refractivity contribution is 5.80. The van der Waals surface area contributed by atoms with Gasteiger partial charge in [-0.25, -0.2) is 0 Å². The fourth-order valence-corrected chi connectivity index (χ4v) is 5.14. The molecule has 1 fully saturated rings. The number of hydrogen-bond acceptors (Lipinski definition) is 5. The van der Waals surface area contributed by atoms with E-state index in [9.17, 15) is 4.79 Å². The summed E-state index contributed by atoms with van der Waals surface area (Å²) in [5.74, 6) is 3.57. The molecule has 2 unspecified atom stereocenters. The summed E-state index contributed by atoms with van der Waals surface area (Å²) in [5.41, 5.74) is 0.863. The summed E-state index contributed by atoms with van der Waals surface area (Å²) < 4.78 is 8.35. The highest BCUT2D eigenvalue weighted by Crippen LogP contribution is 2.29. The van der Waals surface area contributed by atoms with Gasteiger partial charge in [0.2, 0.25) is 5.91 Å². The monoisotopic (exact) mass is 435 g/mol. The van der Waals surface area contributed by atoms with Gasteiger partial charge in [0.1, 0.15) is 23.0 Å². The summed E-state index contributed by atoms with van der Waals surface area (Å²) in [4.78, 5) is 17.2. The molecule has 4 heterocycles. The number of aromatic nitrogens is 3. The Morgan fingerprint density at radius 2 is 2.06 bits per heavy atom. The van der Waals surface area contributed by atoms with Crippen LogP contribution in [-0.2, 0) is 17.8 Å². The molecule has 2 aliphatic rings. The third-order valence-corrected chi connectivity index (χ3v) is 7.20. The first kappa shape index (κ1) is 21.2. The number of likely N-dealkylation sites (tertiary alicyclic amines) is 1. The standard InChI is InChI=1S/C25H33N5O2/c1-18(22-15-19-9-5-6-11-21(19)32-22)28(2)24(31)17-29-13-8-10-20(16-29)25-27-26-23-12-4-3-7-14-30(23)25/h5-6,9,11,15,18,20H,3-4,7-8,10,12-14,16-17H2,1-2H3. The Balaban J connectivity index is 1.23. The molecular weight excluding hydrogens is 402 g/mol. The van der Waals surface area contributed by atoms with Gasteiger partial charge in [0.25, 0.3) is 0 Å². The molecule has 0 radical (unpaired) electrons. The number of nitrogens with zero attached hydrogens (tertiary/aromatic N) is 5. The fraction of sp³-hybridized carbons (Fsp3) is 0.560. The van der Waals surface area contributed by atoms with Gasteiger partial charge in [-0.1, -0.05) is 24.6 Å². The van der Waals surface area contributed by atoms with E-state index < -0.39 is 0 Å². The van der Waals surface area contributed by atoms with E-state index in [2.05, 4.69) is 19.7 Å². The minimum absolute atomic E-state index is 0.109. The van der Waals surface area contributed by atoms with Gasteiger partial charge < -0.3 is 13.9 Å². The van der Waals surface area contributed by atoms with E-state index in [1.54, 1.807) is 0 Å². The second kappa shape index (κ2) is 9.06. The second-order valence-electron chi connectivity index (χ2n) is 9.38. The lowest BCUT2D eigenvalue weighted by atomic mass is 9.97. The Hall–Kier alpha value is -2.67. The van der Waals surface area contributed by atoms with Crippen molar-refractivity contribution >= 4 is 16.9 Å². The molecule has 2 aliphatic heterocycles. The molecule has 7 heteroatoms. The van der Waals surface area contributed by atoms with Crippen LogP contribution in [-0.4, -0.2) is 57.2 Å². The number of piperidine rings is 1. The summed E-state index contributed by atoms with van der Waals surface area (Å²) in [7, 11) is 1.88. The van der Waals surface area contributed by atoms with E-state index in [0.29, 0.717) is 12.5 Å². The van der Waals surface area contributed by atoms with Gasteiger partial charge in [0, 0.05) is 37.9 Å². The molecule has 2 atom stereocenters. The molecule has 5 rings (SSSR count). The van der Waals surface area contributed by atoms with Crippen molar-refractivity contribution in [3.05, 3.63) is 47.7 Å². The zero-order valence-electron chi connectivity index (χ0n) is 19.2. The summed E-state index contributed by atoms with van der Waals surface area (Å²) >= 11 is 0. The molecule has 1 aromatic carbocycles. The number of hydrogen-bond donors (Lipinski definition) is 0. The van der Waals surface area contributed by atoms with Crippen LogP contribution in [0, 0.1) is 0 Å². The van der Waals surface area contributed by atoms with Gasteiger partial charge in [-0.2, -0.15) is 0 Å². The number of aryl methyl sites for hydroxylation is 1. The molecule has 1 saturated heterocycles. The van der Waals surface area contributed by atoms with Crippen molar-refractivity contribution in [1.82, 2.24) is 24.6 Å². The average Bonchev–Trinajstić information content (AvgIpc) is 3.35. The number of para-hydroxylation sites is 1. The molecule has 0 aliphatic carbocycles. The molecule has 2 aromatic heterocycles. The average molecular weight is 436 g/mol. The highest BCUT2D eigenvalue weighted by atomic mass is 16.3. The van der Waals surface area contributed by atoms with Gasteiger partial charge in [-0.15, -0.1) is 10.2 Å². The van der Waals surface area contributed by atoms with Crippen LogP contribution in [0.15, 0.2) is 34.7 Å². The van der Waals surface area contributed by atoms with Crippen LogP contribution >= 0.6 is 0 Å². The van der Waals surface area contributed by atoms with Crippen LogP contribution in [0.4, 0.5) is 0 Å². The largest absolute Gasteiger partial charge is 0.459 e. The molecule has 170 valence electrons. The third kappa shape index (κ3) is 4.18. The third-order valence-electron chi connectivity index (χ3n) is 7.20. The minimum Gasteiger partial charge on any atom is -0.459 e. The van der Waals surface area contributed by atoms with Crippen LogP contribution in [0.25, 0.3) is 11.0 Å². The Morgan fingerprint density at radius 1 is 1.19 bits per heavy atom. The van der Waals surface area contributed by atoms with Crippen molar-refractivity contribution in [2.45, 2.75) is 64.0 Å². The molecule has 1 amide bonds. The predicted molar refractivity (Wildman–Crippen MR) is 123 cm³/mol. The summed E-state index contributed by atoms with van der Waals surface area (Å²) in [5, 5.41) is 10.1. The summed E-state index contributed by atoms with van der Waals surface area (Å²) in [6.45, 7) is 5.32. The van der Waals surface area contributed by atoms with E-state index in [-0.39, 0.29) is 11.9 Å². The smallest absolute Gasteiger partial charge is 0.237 e. The van der Waals surface area contributed by atoms with E-state index in [0.717, 1.165) is 67.3 Å². The first-order valence-corrected chi connectivity index (χ1v) is 12.0. The lowest BCUT2D eigenvalue weighted by Gasteiger charge is -2.33. The normalized spacial score (nSPS) is 20.6. The Morgan fingerprint density at radius 3 is 2.94 bits per heavy atom. The maximum atomic E-state index is 13.1. The summed E-state index contributed by atoms with van der Waals surface area (Å²) in [6.07, 6.45) is 6.92. The van der Waals surface area contributed by atoms with Gasteiger partial charge in [-0.05, 0) is 51.3 Å². The van der Waals surface area contributed by atoms with E-state index in [4.69, 9.17) is 4.42 Å². The van der Waals surface area contributed by atoms with Crippen molar-refractivity contribution in [1.29, 1.82) is 0 Å². The molecule has 0 spiro atoms. The molecule has 0 N–H and O–H groups in total. The van der Waals surface area contributed by atoms with Crippen LogP contribution in [0.1, 0.15) is 68.4 Å². The van der Waals surface area contributed by atoms with Crippen molar-refractivity contribution in [3.63, 3.8) is 0 Å². The maximum absolute atomic E-state index is 13.1. The van der Waals surface area contributed by atoms with Crippen molar-refractivity contribution < 1.29 is 9.21 Å². The minimum atomic E-state index is -0.109. The SMILES string of the molecule is CC(c1cc2ccccc2o1)N(C)C(=O)CN1CCCC(c2nnc3n2CCCCC3)C1. The number of amides is 1. The number of benzene rings is 1. The molecular formula is C25H33N5O2. The maximum Gasteiger partial charge on any atom is 0.237 e. The Labute approximate surface area is 189 Å². The van der Waals surface area contributed by atoms with E-state index in [1.165, 1.54) is 19.3 Å². The van der Waals surface area contributed by atoms with Crippen LogP contribution in [0.2, 0.25) is 0 Å². The van der Waals surface area contributed by atoms with Crippen LogP contribution < -0.4 is 0 Å². The quantitative estimate of drug-likeness (QED) is 0.602. The van der Waals surface area contributed by atoms with Gasteiger partial charge in [-0.3, -0.25) is 9.69 Å². The lowest BCUT2D eigenvalue weighted by molar-refractivity contribution is -0.133. The number of likely N-dealkylation sites (N-methyl/N-ethyl adjacent to an activating group) is 1. The topological polar surface area (TPSA) is 67.4 Å². The van der Waals surface area contributed by atoms with Crippen molar-refractivity contribution in [2.75, 3.05) is 26.7 Å². The lowest BCUT2D eigenvalue weighted by Crippen LogP contribution is -2.43. The number of fused-ring (bicyclic) bond motifs is 2. The molecule has 3 aromatic rings. The Kier molecular flexibility index (Phi) is 6.00. The van der Waals surface area contributed by atoms with E-state index in [1.807, 2.05) is 49.2 Å². The van der Waals surface area contributed by atoms with Crippen LogP contribution in [0.3, 0.4) is 0 Å².